The molecule has 1 aliphatic heterocycles. The Morgan fingerprint density at radius 3 is 2.95 bits per heavy atom. The van der Waals surface area contributed by atoms with Crippen LogP contribution in [0.2, 0.25) is 0 Å². The average molecular weight is 272 g/mol. The van der Waals surface area contributed by atoms with Gasteiger partial charge in [0, 0.05) is 31.7 Å². The molecule has 0 atom stereocenters. The molecule has 1 aliphatic rings. The first-order chi connectivity index (χ1) is 9.85. The number of piperazine rings is 1. The van der Waals surface area contributed by atoms with Crippen LogP contribution in [0.1, 0.15) is 5.82 Å². The zero-order valence-corrected chi connectivity index (χ0v) is 11.7. The van der Waals surface area contributed by atoms with Gasteiger partial charge in [-0.1, -0.05) is 12.1 Å². The Labute approximate surface area is 119 Å². The first-order valence-electron chi connectivity index (χ1n) is 6.96. The van der Waals surface area contributed by atoms with Crippen molar-refractivity contribution in [2.45, 2.75) is 6.54 Å². The quantitative estimate of drug-likeness (QED) is 0.885. The Morgan fingerprint density at radius 1 is 1.30 bits per heavy atom. The molecule has 0 aliphatic carbocycles. The van der Waals surface area contributed by atoms with E-state index < -0.39 is 0 Å². The molecule has 1 aromatic heterocycles. The third-order valence-corrected chi connectivity index (χ3v) is 3.59. The van der Waals surface area contributed by atoms with Crippen molar-refractivity contribution < 1.29 is 4.74 Å². The van der Waals surface area contributed by atoms with Gasteiger partial charge in [0.15, 0.2) is 0 Å². The molecule has 0 saturated carbocycles. The lowest BCUT2D eigenvalue weighted by Gasteiger charge is -2.26. The zero-order valence-electron chi connectivity index (χ0n) is 11.7. The number of hydrogen-bond acceptors (Lipinski definition) is 4. The number of ether oxygens (including phenoxy) is 1. The van der Waals surface area contributed by atoms with Crippen molar-refractivity contribution in [1.29, 1.82) is 0 Å². The average Bonchev–Trinajstić information content (AvgIpc) is 2.97. The van der Waals surface area contributed by atoms with Gasteiger partial charge in [-0.2, -0.15) is 0 Å². The molecule has 5 nitrogen and oxygen atoms in total. The minimum atomic E-state index is 0.862. The van der Waals surface area contributed by atoms with Gasteiger partial charge in [0.05, 0.1) is 25.5 Å². The van der Waals surface area contributed by atoms with E-state index in [-0.39, 0.29) is 0 Å². The molecule has 0 radical (unpaired) electrons. The molecule has 2 N–H and O–H groups in total. The van der Waals surface area contributed by atoms with E-state index in [0.29, 0.717) is 0 Å². The first kappa shape index (κ1) is 13.1. The summed E-state index contributed by atoms with van der Waals surface area (Å²) in [6.45, 7) is 5.16. The van der Waals surface area contributed by atoms with Gasteiger partial charge in [0.1, 0.15) is 11.6 Å². The second-order valence-corrected chi connectivity index (χ2v) is 5.00. The van der Waals surface area contributed by atoms with Crippen LogP contribution in [-0.2, 0) is 6.54 Å². The second kappa shape index (κ2) is 6.07. The van der Waals surface area contributed by atoms with E-state index >= 15 is 0 Å². The van der Waals surface area contributed by atoms with Gasteiger partial charge in [-0.05, 0) is 12.1 Å². The topological polar surface area (TPSA) is 53.2 Å². The SMILES string of the molecule is COc1cccc(-c2cnc(CN3CCNCC3)[nH]2)c1. The minimum Gasteiger partial charge on any atom is -0.497 e. The highest BCUT2D eigenvalue weighted by Crippen LogP contribution is 2.22. The number of benzene rings is 1. The van der Waals surface area contributed by atoms with E-state index in [4.69, 9.17) is 4.74 Å². The maximum atomic E-state index is 5.26. The summed E-state index contributed by atoms with van der Waals surface area (Å²) in [7, 11) is 1.68. The smallest absolute Gasteiger partial charge is 0.120 e. The van der Waals surface area contributed by atoms with E-state index in [1.807, 2.05) is 24.4 Å². The predicted molar refractivity (Wildman–Crippen MR) is 78.7 cm³/mol. The Kier molecular flexibility index (Phi) is 3.99. The molecule has 2 aromatic rings. The third-order valence-electron chi connectivity index (χ3n) is 3.59. The standard InChI is InChI=1S/C15H20N4O/c1-20-13-4-2-3-12(9-13)14-10-17-15(18-14)11-19-7-5-16-6-8-19/h2-4,9-10,16H,5-8,11H2,1H3,(H,17,18). The van der Waals surface area contributed by atoms with Gasteiger partial charge in [-0.15, -0.1) is 0 Å². The molecule has 1 saturated heterocycles. The lowest BCUT2D eigenvalue weighted by atomic mass is 10.1. The second-order valence-electron chi connectivity index (χ2n) is 5.00. The molecule has 0 bridgehead atoms. The number of H-pyrrole nitrogens is 1. The number of nitrogens with zero attached hydrogens (tertiary/aromatic N) is 2. The molecule has 20 heavy (non-hydrogen) atoms. The summed E-state index contributed by atoms with van der Waals surface area (Å²) in [6, 6.07) is 8.01. The van der Waals surface area contributed by atoms with Crippen molar-refractivity contribution in [3.8, 4) is 17.0 Å². The fourth-order valence-electron chi connectivity index (χ4n) is 2.46. The van der Waals surface area contributed by atoms with Gasteiger partial charge < -0.3 is 15.0 Å². The van der Waals surface area contributed by atoms with E-state index in [9.17, 15) is 0 Å². The number of nitrogens with one attached hydrogen (secondary N) is 2. The summed E-state index contributed by atoms with van der Waals surface area (Å²) in [6.07, 6.45) is 1.90. The van der Waals surface area contributed by atoms with E-state index in [2.05, 4.69) is 26.3 Å². The van der Waals surface area contributed by atoms with Crippen LogP contribution in [0.25, 0.3) is 11.3 Å². The van der Waals surface area contributed by atoms with Crippen LogP contribution in [-0.4, -0.2) is 48.2 Å². The predicted octanol–water partition coefficient (Wildman–Crippen LogP) is 1.49. The molecular formula is C15H20N4O. The summed E-state index contributed by atoms with van der Waals surface area (Å²) in [5.41, 5.74) is 2.14. The van der Waals surface area contributed by atoms with Crippen LogP contribution >= 0.6 is 0 Å². The highest BCUT2D eigenvalue weighted by Gasteiger charge is 2.12. The molecule has 106 valence electrons. The highest BCUT2D eigenvalue weighted by molar-refractivity contribution is 5.60. The lowest BCUT2D eigenvalue weighted by Crippen LogP contribution is -2.43. The minimum absolute atomic E-state index is 0.862. The number of methoxy groups -OCH3 is 1. The number of aromatic amines is 1. The number of imidazole rings is 1. The van der Waals surface area contributed by atoms with Gasteiger partial charge in [0.2, 0.25) is 0 Å². The first-order valence-corrected chi connectivity index (χ1v) is 6.96. The van der Waals surface area contributed by atoms with Gasteiger partial charge in [-0.3, -0.25) is 4.90 Å². The van der Waals surface area contributed by atoms with Crippen LogP contribution in [0.3, 0.4) is 0 Å². The van der Waals surface area contributed by atoms with Gasteiger partial charge in [0.25, 0.3) is 0 Å². The maximum Gasteiger partial charge on any atom is 0.120 e. The summed E-state index contributed by atoms with van der Waals surface area (Å²) >= 11 is 0. The molecular weight excluding hydrogens is 252 g/mol. The molecule has 0 spiro atoms. The monoisotopic (exact) mass is 272 g/mol. The summed E-state index contributed by atoms with van der Waals surface area (Å²) in [4.78, 5) is 10.3. The zero-order chi connectivity index (χ0) is 13.8. The van der Waals surface area contributed by atoms with Crippen LogP contribution in [0, 0.1) is 0 Å². The summed E-state index contributed by atoms with van der Waals surface area (Å²) in [5, 5.41) is 3.36. The number of aromatic nitrogens is 2. The van der Waals surface area contributed by atoms with E-state index in [1.165, 1.54) is 0 Å². The summed E-state index contributed by atoms with van der Waals surface area (Å²) < 4.78 is 5.26. The van der Waals surface area contributed by atoms with E-state index in [0.717, 1.165) is 55.6 Å². The van der Waals surface area contributed by atoms with Crippen molar-refractivity contribution in [2.24, 2.45) is 0 Å². The normalized spacial score (nSPS) is 16.2. The van der Waals surface area contributed by atoms with Gasteiger partial charge >= 0.3 is 0 Å². The Hall–Kier alpha value is -1.85. The van der Waals surface area contributed by atoms with Crippen molar-refractivity contribution in [3.05, 3.63) is 36.3 Å². The third kappa shape index (κ3) is 3.00. The molecule has 5 heteroatoms. The summed E-state index contributed by atoms with van der Waals surface area (Å²) in [5.74, 6) is 1.88. The van der Waals surface area contributed by atoms with E-state index in [1.54, 1.807) is 7.11 Å². The largest absolute Gasteiger partial charge is 0.497 e. The van der Waals surface area contributed by atoms with Crippen molar-refractivity contribution >= 4 is 0 Å². The highest BCUT2D eigenvalue weighted by atomic mass is 16.5. The molecule has 0 amide bonds. The molecule has 2 heterocycles. The Bertz CT molecular complexity index is 561. The fourth-order valence-corrected chi connectivity index (χ4v) is 2.46. The fraction of sp³-hybridized carbons (Fsp3) is 0.400. The number of rotatable bonds is 4. The number of hydrogen-bond donors (Lipinski definition) is 2. The van der Waals surface area contributed by atoms with Crippen molar-refractivity contribution in [3.63, 3.8) is 0 Å². The Balaban J connectivity index is 1.72. The van der Waals surface area contributed by atoms with Gasteiger partial charge in [-0.25, -0.2) is 4.98 Å². The molecule has 0 unspecified atom stereocenters. The van der Waals surface area contributed by atoms with Crippen LogP contribution < -0.4 is 10.1 Å². The maximum absolute atomic E-state index is 5.26. The molecule has 1 aromatic carbocycles. The van der Waals surface area contributed by atoms with Crippen molar-refractivity contribution in [2.75, 3.05) is 33.3 Å². The molecule has 3 rings (SSSR count). The van der Waals surface area contributed by atoms with Crippen molar-refractivity contribution in [1.82, 2.24) is 20.2 Å². The lowest BCUT2D eigenvalue weighted by molar-refractivity contribution is 0.228. The van der Waals surface area contributed by atoms with Crippen LogP contribution in [0.15, 0.2) is 30.5 Å². The van der Waals surface area contributed by atoms with Crippen LogP contribution in [0.5, 0.6) is 5.75 Å². The Morgan fingerprint density at radius 2 is 2.15 bits per heavy atom. The molecule has 1 fully saturated rings. The van der Waals surface area contributed by atoms with Crippen LogP contribution in [0.4, 0.5) is 0 Å².